The number of aliphatic hydroxyl groups is 2. The second-order valence-corrected chi connectivity index (χ2v) is 11.2. The van der Waals surface area contributed by atoms with Gasteiger partial charge >= 0.3 is 6.09 Å². The monoisotopic (exact) mass is 547 g/mol. The van der Waals surface area contributed by atoms with Gasteiger partial charge in [0, 0.05) is 23.5 Å². The number of benzene rings is 2. The number of carbonyl (C=O) groups is 2. The lowest BCUT2D eigenvalue weighted by Gasteiger charge is -2.30. The maximum absolute atomic E-state index is 13.3. The molecule has 8 heteroatoms. The Kier molecular flexibility index (Phi) is 10.8. The molecule has 2 amide bonds. The molecule has 0 aliphatic carbocycles. The van der Waals surface area contributed by atoms with Crippen LogP contribution in [0.25, 0.3) is 0 Å². The van der Waals surface area contributed by atoms with Crippen LogP contribution in [-0.4, -0.2) is 51.0 Å². The van der Waals surface area contributed by atoms with Crippen LogP contribution >= 0.6 is 0 Å². The predicted octanol–water partition coefficient (Wildman–Crippen LogP) is 4.35. The Morgan fingerprint density at radius 1 is 0.875 bits per heavy atom. The van der Waals surface area contributed by atoms with E-state index in [0.29, 0.717) is 24.1 Å². The molecule has 0 saturated carbocycles. The Bertz CT molecular complexity index is 1220. The summed E-state index contributed by atoms with van der Waals surface area (Å²) in [4.78, 5) is 30.2. The molecule has 4 atom stereocenters. The topological polar surface area (TPSA) is 121 Å². The van der Waals surface area contributed by atoms with Crippen LogP contribution < -0.4 is 10.6 Å². The zero-order valence-corrected chi connectivity index (χ0v) is 23.9. The van der Waals surface area contributed by atoms with Gasteiger partial charge in [0.05, 0.1) is 12.1 Å². The number of alkyl carbamates (subject to hydrolysis) is 1. The van der Waals surface area contributed by atoms with Crippen LogP contribution in [0.2, 0.25) is 0 Å². The quantitative estimate of drug-likeness (QED) is 0.283. The number of aliphatic hydroxyl groups excluding tert-OH is 2. The van der Waals surface area contributed by atoms with Gasteiger partial charge in [-0.1, -0.05) is 60.7 Å². The highest BCUT2D eigenvalue weighted by atomic mass is 16.6. The molecule has 40 heavy (non-hydrogen) atoms. The van der Waals surface area contributed by atoms with Gasteiger partial charge in [-0.3, -0.25) is 9.78 Å². The van der Waals surface area contributed by atoms with Crippen molar-refractivity contribution in [3.63, 3.8) is 0 Å². The number of aromatic nitrogens is 1. The third-order valence-corrected chi connectivity index (χ3v) is 6.59. The summed E-state index contributed by atoms with van der Waals surface area (Å²) in [7, 11) is 0. The van der Waals surface area contributed by atoms with E-state index in [0.717, 1.165) is 16.7 Å². The normalized spacial score (nSPS) is 14.5. The molecule has 3 rings (SSSR count). The number of nitrogens with one attached hydrogen (secondary N) is 2. The van der Waals surface area contributed by atoms with E-state index in [1.807, 2.05) is 67.6 Å². The Balaban J connectivity index is 1.83. The maximum Gasteiger partial charge on any atom is 0.407 e. The largest absolute Gasteiger partial charge is 0.444 e. The zero-order chi connectivity index (χ0) is 29.3. The fourth-order valence-electron chi connectivity index (χ4n) is 4.68. The minimum Gasteiger partial charge on any atom is -0.444 e. The first kappa shape index (κ1) is 30.8. The first-order chi connectivity index (χ1) is 18.9. The Labute approximate surface area is 236 Å². The molecule has 0 aliphatic rings. The number of aryl methyl sites for hydroxylation is 2. The number of ether oxygens (including phenoxy) is 1. The van der Waals surface area contributed by atoms with Crippen molar-refractivity contribution in [2.75, 3.05) is 0 Å². The number of nitrogens with zero attached hydrogens (tertiary/aromatic N) is 1. The highest BCUT2D eigenvalue weighted by Gasteiger charge is 2.30. The lowest BCUT2D eigenvalue weighted by molar-refractivity contribution is -0.131. The minimum atomic E-state index is -1.45. The van der Waals surface area contributed by atoms with Crippen molar-refractivity contribution in [2.45, 2.75) is 83.8 Å². The molecule has 8 nitrogen and oxygen atoms in total. The summed E-state index contributed by atoms with van der Waals surface area (Å²) in [6.07, 6.45) is -0.508. The zero-order valence-electron chi connectivity index (χ0n) is 23.9. The molecule has 0 saturated heterocycles. The third kappa shape index (κ3) is 9.47. The summed E-state index contributed by atoms with van der Waals surface area (Å²) in [5.41, 5.74) is 2.98. The molecule has 0 radical (unpaired) electrons. The Morgan fingerprint density at radius 3 is 2.00 bits per heavy atom. The maximum atomic E-state index is 13.3. The number of amides is 2. The number of hydrogen-bond donors (Lipinski definition) is 4. The van der Waals surface area contributed by atoms with Crippen LogP contribution in [0.5, 0.6) is 0 Å². The molecule has 2 aromatic carbocycles. The van der Waals surface area contributed by atoms with Gasteiger partial charge in [-0.25, -0.2) is 4.79 Å². The van der Waals surface area contributed by atoms with Crippen molar-refractivity contribution < 1.29 is 24.5 Å². The smallest absolute Gasteiger partial charge is 0.407 e. The molecule has 214 valence electrons. The first-order valence-corrected chi connectivity index (χ1v) is 13.6. The standard InChI is InChI=1S/C32H41N3O5/c1-21-16-17-33-22(2)28(21)29(37)30(38)35-26(19-24-14-10-7-11-15-24)27(36)20-25(18-23-12-8-6-9-13-23)34-31(39)40-32(3,4)5/h6-17,25-27,29,36-37H,18-20H2,1-5H3,(H,34,39)(H,35,38)/t25-,26-,27-,29?/m0/s1. The molecule has 1 unspecified atom stereocenters. The van der Waals surface area contributed by atoms with Crippen molar-refractivity contribution in [1.29, 1.82) is 0 Å². The molecule has 0 fully saturated rings. The van der Waals surface area contributed by atoms with Crippen molar-refractivity contribution in [3.05, 3.63) is 101 Å². The van der Waals surface area contributed by atoms with Crippen molar-refractivity contribution in [3.8, 4) is 0 Å². The van der Waals surface area contributed by atoms with E-state index in [4.69, 9.17) is 4.74 Å². The van der Waals surface area contributed by atoms with Crippen LogP contribution in [0.15, 0.2) is 72.9 Å². The van der Waals surface area contributed by atoms with E-state index < -0.39 is 41.9 Å². The lowest BCUT2D eigenvalue weighted by Crippen LogP contribution is -2.50. The molecule has 4 N–H and O–H groups in total. The molecule has 1 heterocycles. The molecule has 0 bridgehead atoms. The van der Waals surface area contributed by atoms with Crippen molar-refractivity contribution >= 4 is 12.0 Å². The van der Waals surface area contributed by atoms with Gasteiger partial charge in [0.1, 0.15) is 5.60 Å². The first-order valence-electron chi connectivity index (χ1n) is 13.6. The number of carbonyl (C=O) groups excluding carboxylic acids is 2. The second kappa shape index (κ2) is 14.1. The van der Waals surface area contributed by atoms with E-state index in [1.165, 1.54) is 0 Å². The molecule has 3 aromatic rings. The highest BCUT2D eigenvalue weighted by molar-refractivity contribution is 5.83. The molecular formula is C32H41N3O5. The summed E-state index contributed by atoms with van der Waals surface area (Å²) < 4.78 is 5.47. The average molecular weight is 548 g/mol. The summed E-state index contributed by atoms with van der Waals surface area (Å²) >= 11 is 0. The Hall–Kier alpha value is -3.75. The summed E-state index contributed by atoms with van der Waals surface area (Å²) in [5, 5.41) is 28.2. The summed E-state index contributed by atoms with van der Waals surface area (Å²) in [6, 6.07) is 19.7. The fraction of sp³-hybridized carbons (Fsp3) is 0.406. The van der Waals surface area contributed by atoms with Gasteiger partial charge in [0.2, 0.25) is 0 Å². The summed E-state index contributed by atoms with van der Waals surface area (Å²) in [6.45, 7) is 8.92. The number of rotatable bonds is 11. The van der Waals surface area contributed by atoms with Crippen LogP contribution in [-0.2, 0) is 22.4 Å². The van der Waals surface area contributed by atoms with Crippen LogP contribution in [0.1, 0.15) is 61.2 Å². The third-order valence-electron chi connectivity index (χ3n) is 6.59. The molecular weight excluding hydrogens is 506 g/mol. The van der Waals surface area contributed by atoms with Gasteiger partial charge in [-0.2, -0.15) is 0 Å². The van der Waals surface area contributed by atoms with E-state index in [2.05, 4.69) is 15.6 Å². The van der Waals surface area contributed by atoms with Gasteiger partial charge < -0.3 is 25.6 Å². The van der Waals surface area contributed by atoms with Crippen molar-refractivity contribution in [2.24, 2.45) is 0 Å². The van der Waals surface area contributed by atoms with E-state index in [-0.39, 0.29) is 6.42 Å². The second-order valence-electron chi connectivity index (χ2n) is 11.2. The Morgan fingerprint density at radius 2 is 1.45 bits per heavy atom. The van der Waals surface area contributed by atoms with Crippen molar-refractivity contribution in [1.82, 2.24) is 15.6 Å². The van der Waals surface area contributed by atoms with Gasteiger partial charge in [0.25, 0.3) is 5.91 Å². The van der Waals surface area contributed by atoms with Crippen LogP contribution in [0.3, 0.4) is 0 Å². The lowest BCUT2D eigenvalue weighted by atomic mass is 9.93. The molecule has 1 aromatic heterocycles. The minimum absolute atomic E-state index is 0.146. The fourth-order valence-corrected chi connectivity index (χ4v) is 4.68. The number of hydrogen-bond acceptors (Lipinski definition) is 6. The van der Waals surface area contributed by atoms with Crippen LogP contribution in [0.4, 0.5) is 4.79 Å². The van der Waals surface area contributed by atoms with Gasteiger partial charge in [-0.05, 0) is 76.6 Å². The highest BCUT2D eigenvalue weighted by Crippen LogP contribution is 2.22. The molecule has 0 aliphatic heterocycles. The molecule has 0 spiro atoms. The average Bonchev–Trinajstić information content (AvgIpc) is 2.88. The van der Waals surface area contributed by atoms with E-state index >= 15 is 0 Å². The predicted molar refractivity (Wildman–Crippen MR) is 155 cm³/mol. The van der Waals surface area contributed by atoms with E-state index in [1.54, 1.807) is 40.0 Å². The van der Waals surface area contributed by atoms with E-state index in [9.17, 15) is 19.8 Å². The van der Waals surface area contributed by atoms with Crippen LogP contribution in [0, 0.1) is 13.8 Å². The SMILES string of the molecule is Cc1ccnc(C)c1C(O)C(=O)N[C@@H](Cc1ccccc1)[C@@H](O)C[C@H](Cc1ccccc1)NC(=O)OC(C)(C)C. The summed E-state index contributed by atoms with van der Waals surface area (Å²) in [5.74, 6) is -0.626. The van der Waals surface area contributed by atoms with Gasteiger partial charge in [0.15, 0.2) is 6.10 Å². The number of pyridine rings is 1. The van der Waals surface area contributed by atoms with Gasteiger partial charge in [-0.15, -0.1) is 0 Å².